The van der Waals surface area contributed by atoms with Gasteiger partial charge in [0.2, 0.25) is 5.95 Å². The number of hydrogen-bond donors (Lipinski definition) is 3. The number of aromatic hydroxyl groups is 1. The normalized spacial score (nSPS) is 14.1. The van der Waals surface area contributed by atoms with Gasteiger partial charge < -0.3 is 5.11 Å². The summed E-state index contributed by atoms with van der Waals surface area (Å²) in [7, 11) is 0. The van der Waals surface area contributed by atoms with E-state index in [0.717, 1.165) is 18.8 Å². The summed E-state index contributed by atoms with van der Waals surface area (Å²) in [6.07, 6.45) is 2.24. The molecule has 2 aromatic carbocycles. The summed E-state index contributed by atoms with van der Waals surface area (Å²) in [4.78, 5) is 22.0. The number of rotatable bonds is 5. The van der Waals surface area contributed by atoms with Gasteiger partial charge in [0.1, 0.15) is 5.75 Å². The van der Waals surface area contributed by atoms with Crippen LogP contribution < -0.4 is 11.0 Å². The van der Waals surface area contributed by atoms with Crippen LogP contribution in [0.4, 0.5) is 5.95 Å². The number of anilines is 1. The highest BCUT2D eigenvalue weighted by molar-refractivity contribution is 6.32. The van der Waals surface area contributed by atoms with Crippen LogP contribution in [0.15, 0.2) is 58.4 Å². The van der Waals surface area contributed by atoms with Crippen LogP contribution in [-0.4, -0.2) is 32.7 Å². The molecule has 3 aromatic rings. The molecule has 1 aliphatic heterocycles. The third-order valence-electron chi connectivity index (χ3n) is 4.75. The first-order valence-electron chi connectivity index (χ1n) is 9.24. The lowest BCUT2D eigenvalue weighted by molar-refractivity contribution is 0.242. The Morgan fingerprint density at radius 1 is 1.28 bits per heavy atom. The lowest BCUT2D eigenvalue weighted by Crippen LogP contribution is -2.35. The molecule has 1 aromatic heterocycles. The van der Waals surface area contributed by atoms with Crippen molar-refractivity contribution in [1.29, 1.82) is 0 Å². The smallest absolute Gasteiger partial charge is 0.257 e. The molecular formula is C21H20ClN5O2. The minimum atomic E-state index is -0.155. The van der Waals surface area contributed by atoms with Gasteiger partial charge in [-0.3, -0.25) is 14.7 Å². The van der Waals surface area contributed by atoms with E-state index in [1.165, 1.54) is 17.8 Å². The number of nitrogens with zero attached hydrogens (tertiary/aromatic N) is 3. The number of fused-ring (bicyclic) bond motifs is 1. The molecule has 0 bridgehead atoms. The zero-order valence-corrected chi connectivity index (χ0v) is 16.4. The van der Waals surface area contributed by atoms with Crippen LogP contribution in [0, 0.1) is 0 Å². The molecule has 0 fully saturated rings. The molecule has 0 saturated carbocycles. The minimum absolute atomic E-state index is 0.0127. The number of halogens is 1. The van der Waals surface area contributed by atoms with Crippen LogP contribution in [0.3, 0.4) is 0 Å². The second kappa shape index (κ2) is 8.46. The Balaban J connectivity index is 1.44. The van der Waals surface area contributed by atoms with Crippen LogP contribution in [0.5, 0.6) is 5.75 Å². The summed E-state index contributed by atoms with van der Waals surface area (Å²) in [6.45, 7) is 2.22. The highest BCUT2D eigenvalue weighted by Gasteiger charge is 2.21. The van der Waals surface area contributed by atoms with E-state index in [0.29, 0.717) is 30.0 Å². The van der Waals surface area contributed by atoms with E-state index in [2.05, 4.69) is 37.5 Å². The topological polar surface area (TPSA) is 93.6 Å². The summed E-state index contributed by atoms with van der Waals surface area (Å²) >= 11 is 5.88. The maximum absolute atomic E-state index is 12.5. The molecule has 0 unspecified atom stereocenters. The monoisotopic (exact) mass is 409 g/mol. The number of aromatic nitrogens is 2. The molecular weight excluding hydrogens is 390 g/mol. The summed E-state index contributed by atoms with van der Waals surface area (Å²) in [6, 6.07) is 15.0. The Hall–Kier alpha value is -3.16. The lowest BCUT2D eigenvalue weighted by atomic mass is 10.1. The molecule has 1 aliphatic rings. The van der Waals surface area contributed by atoms with Gasteiger partial charge >= 0.3 is 0 Å². The number of aromatic amines is 1. The van der Waals surface area contributed by atoms with Gasteiger partial charge in [-0.1, -0.05) is 41.9 Å². The Morgan fingerprint density at radius 3 is 2.90 bits per heavy atom. The predicted molar refractivity (Wildman–Crippen MR) is 113 cm³/mol. The van der Waals surface area contributed by atoms with Crippen molar-refractivity contribution in [2.45, 2.75) is 19.5 Å². The summed E-state index contributed by atoms with van der Waals surface area (Å²) < 4.78 is 0. The third-order valence-corrected chi connectivity index (χ3v) is 5.06. The molecule has 3 N–H and O–H groups in total. The maximum atomic E-state index is 12.5. The highest BCUT2D eigenvalue weighted by atomic mass is 35.5. The molecule has 8 heteroatoms. The number of hydrogen-bond acceptors (Lipinski definition) is 6. The molecule has 0 spiro atoms. The average molecular weight is 410 g/mol. The van der Waals surface area contributed by atoms with Gasteiger partial charge in [-0.15, -0.1) is 0 Å². The van der Waals surface area contributed by atoms with E-state index < -0.39 is 0 Å². The van der Waals surface area contributed by atoms with Gasteiger partial charge in [-0.25, -0.2) is 10.4 Å². The zero-order chi connectivity index (χ0) is 20.2. The van der Waals surface area contributed by atoms with Crippen molar-refractivity contribution in [1.82, 2.24) is 14.9 Å². The first kappa shape index (κ1) is 19.2. The van der Waals surface area contributed by atoms with Gasteiger partial charge in [0.25, 0.3) is 5.56 Å². The standard InChI is InChI=1S/C21H20ClN5O2/c22-17-10-15(6-7-19(17)28)11-23-26-21-24-18-8-9-27(13-16(18)20(29)25-21)12-14-4-2-1-3-5-14/h1-7,10-11,28H,8-9,12-13H2,(H2,24,25,26,29)/b23-11-. The van der Waals surface area contributed by atoms with E-state index in [-0.39, 0.29) is 16.3 Å². The molecule has 4 rings (SSSR count). The number of H-pyrrole nitrogens is 1. The molecule has 0 amide bonds. The number of benzene rings is 2. The summed E-state index contributed by atoms with van der Waals surface area (Å²) in [5, 5.41) is 13.8. The van der Waals surface area contributed by atoms with Crippen molar-refractivity contribution in [3.05, 3.63) is 86.3 Å². The lowest BCUT2D eigenvalue weighted by Gasteiger charge is -2.27. The largest absolute Gasteiger partial charge is 0.506 e. The number of phenolic OH excluding ortho intramolecular Hbond substituents is 1. The first-order chi connectivity index (χ1) is 14.1. The van der Waals surface area contributed by atoms with Crippen LogP contribution >= 0.6 is 11.6 Å². The fraction of sp³-hybridized carbons (Fsp3) is 0.190. The molecule has 0 radical (unpaired) electrons. The molecule has 148 valence electrons. The van der Waals surface area contributed by atoms with Crippen molar-refractivity contribution in [2.24, 2.45) is 5.10 Å². The van der Waals surface area contributed by atoms with Crippen LogP contribution in [-0.2, 0) is 19.5 Å². The summed E-state index contributed by atoms with van der Waals surface area (Å²) in [5.74, 6) is 0.310. The van der Waals surface area contributed by atoms with E-state index in [1.54, 1.807) is 12.1 Å². The highest BCUT2D eigenvalue weighted by Crippen LogP contribution is 2.23. The van der Waals surface area contributed by atoms with Crippen molar-refractivity contribution in [2.75, 3.05) is 12.0 Å². The van der Waals surface area contributed by atoms with Crippen molar-refractivity contribution >= 4 is 23.8 Å². The van der Waals surface area contributed by atoms with Crippen LogP contribution in [0.25, 0.3) is 0 Å². The third kappa shape index (κ3) is 4.64. The first-order valence-corrected chi connectivity index (χ1v) is 9.62. The van der Waals surface area contributed by atoms with E-state index >= 15 is 0 Å². The number of nitrogens with one attached hydrogen (secondary N) is 2. The maximum Gasteiger partial charge on any atom is 0.257 e. The molecule has 29 heavy (non-hydrogen) atoms. The minimum Gasteiger partial charge on any atom is -0.506 e. The van der Waals surface area contributed by atoms with E-state index in [4.69, 9.17) is 11.6 Å². The Bertz CT molecular complexity index is 1100. The van der Waals surface area contributed by atoms with Gasteiger partial charge in [0.15, 0.2) is 0 Å². The van der Waals surface area contributed by atoms with Crippen LogP contribution in [0.2, 0.25) is 5.02 Å². The fourth-order valence-electron chi connectivity index (χ4n) is 3.28. The fourth-order valence-corrected chi connectivity index (χ4v) is 3.47. The number of hydrazone groups is 1. The second-order valence-electron chi connectivity index (χ2n) is 6.87. The van der Waals surface area contributed by atoms with Crippen molar-refractivity contribution in [3.8, 4) is 5.75 Å². The van der Waals surface area contributed by atoms with Gasteiger partial charge in [0, 0.05) is 26.1 Å². The number of phenols is 1. The Labute approximate surface area is 172 Å². The predicted octanol–water partition coefficient (Wildman–Crippen LogP) is 3.13. The average Bonchev–Trinajstić information content (AvgIpc) is 2.72. The van der Waals surface area contributed by atoms with Crippen molar-refractivity contribution < 1.29 is 5.11 Å². The van der Waals surface area contributed by atoms with E-state index in [1.807, 2.05) is 18.2 Å². The summed E-state index contributed by atoms with van der Waals surface area (Å²) in [5.41, 5.74) is 6.02. The Kier molecular flexibility index (Phi) is 5.59. The second-order valence-corrected chi connectivity index (χ2v) is 7.27. The molecule has 2 heterocycles. The quantitative estimate of drug-likeness (QED) is 0.444. The van der Waals surface area contributed by atoms with Crippen molar-refractivity contribution in [3.63, 3.8) is 0 Å². The molecule has 0 saturated heterocycles. The zero-order valence-electron chi connectivity index (χ0n) is 15.6. The molecule has 0 atom stereocenters. The van der Waals surface area contributed by atoms with Gasteiger partial charge in [0.05, 0.1) is 22.5 Å². The SMILES string of the molecule is O=c1[nH]c(N/N=C\c2ccc(O)c(Cl)c2)nc2c1CN(Cc1ccccc1)CC2. The van der Waals surface area contributed by atoms with Gasteiger partial charge in [-0.05, 0) is 29.3 Å². The molecule has 0 aliphatic carbocycles. The molecule has 7 nitrogen and oxygen atoms in total. The van der Waals surface area contributed by atoms with E-state index in [9.17, 15) is 9.90 Å². The van der Waals surface area contributed by atoms with Crippen LogP contribution in [0.1, 0.15) is 22.4 Å². The van der Waals surface area contributed by atoms with Gasteiger partial charge in [-0.2, -0.15) is 5.10 Å². The Morgan fingerprint density at radius 2 is 2.10 bits per heavy atom.